The largest absolute Gasteiger partial charge is 0.298 e. The Kier molecular flexibility index (Phi) is 2.59. The number of benzene rings is 1. The Hall–Kier alpha value is -2.56. The molecule has 0 aliphatic rings. The molecule has 1 aromatic carbocycles. The Morgan fingerprint density at radius 1 is 1.32 bits per heavy atom. The van der Waals surface area contributed by atoms with E-state index in [4.69, 9.17) is 0 Å². The van der Waals surface area contributed by atoms with E-state index >= 15 is 0 Å². The van der Waals surface area contributed by atoms with Gasteiger partial charge in [-0.2, -0.15) is 5.10 Å². The maximum Gasteiger partial charge on any atom is 0.151 e. The van der Waals surface area contributed by atoms with E-state index < -0.39 is 0 Å². The standard InChI is InChI=1S/C14H10FN3O/c1-18-12-5-9(8-19)7-16-14(12)13(17-18)10-3-2-4-11(15)6-10/h2-8H,1H3. The summed E-state index contributed by atoms with van der Waals surface area (Å²) in [5.74, 6) is -0.319. The zero-order chi connectivity index (χ0) is 13.4. The second kappa shape index (κ2) is 4.28. The number of halogens is 1. The SMILES string of the molecule is Cn1nc(-c2cccc(F)c2)c2ncc(C=O)cc21. The Morgan fingerprint density at radius 2 is 2.16 bits per heavy atom. The van der Waals surface area contributed by atoms with Gasteiger partial charge in [0.2, 0.25) is 0 Å². The van der Waals surface area contributed by atoms with E-state index in [1.54, 1.807) is 29.9 Å². The van der Waals surface area contributed by atoms with Crippen LogP contribution in [-0.4, -0.2) is 21.1 Å². The minimum atomic E-state index is -0.319. The van der Waals surface area contributed by atoms with Gasteiger partial charge in [0.1, 0.15) is 17.0 Å². The number of hydrogen-bond acceptors (Lipinski definition) is 3. The molecule has 0 amide bonds. The average molecular weight is 255 g/mol. The lowest BCUT2D eigenvalue weighted by Crippen LogP contribution is -1.91. The van der Waals surface area contributed by atoms with Crippen molar-refractivity contribution in [2.45, 2.75) is 0 Å². The Balaban J connectivity index is 2.28. The highest BCUT2D eigenvalue weighted by molar-refractivity contribution is 5.92. The summed E-state index contributed by atoms with van der Waals surface area (Å²) in [5, 5.41) is 4.35. The van der Waals surface area contributed by atoms with Crippen LogP contribution < -0.4 is 0 Å². The van der Waals surface area contributed by atoms with Crippen LogP contribution in [0, 0.1) is 5.82 Å². The smallest absolute Gasteiger partial charge is 0.151 e. The maximum absolute atomic E-state index is 13.3. The summed E-state index contributed by atoms with van der Waals surface area (Å²) in [5.41, 5.74) is 3.15. The molecule has 0 radical (unpaired) electrons. The zero-order valence-electron chi connectivity index (χ0n) is 10.2. The third kappa shape index (κ3) is 1.89. The molecule has 0 unspecified atom stereocenters. The fourth-order valence-electron chi connectivity index (χ4n) is 2.04. The lowest BCUT2D eigenvalue weighted by Gasteiger charge is -1.97. The van der Waals surface area contributed by atoms with Gasteiger partial charge >= 0.3 is 0 Å². The topological polar surface area (TPSA) is 47.8 Å². The number of aromatic nitrogens is 3. The molecule has 3 aromatic rings. The van der Waals surface area contributed by atoms with Gasteiger partial charge in [-0.1, -0.05) is 12.1 Å². The van der Waals surface area contributed by atoms with Crippen molar-refractivity contribution in [1.29, 1.82) is 0 Å². The average Bonchev–Trinajstić information content (AvgIpc) is 2.76. The van der Waals surface area contributed by atoms with Crippen LogP contribution in [0.3, 0.4) is 0 Å². The maximum atomic E-state index is 13.3. The number of hydrogen-bond donors (Lipinski definition) is 0. The first-order chi connectivity index (χ1) is 9.19. The Morgan fingerprint density at radius 3 is 2.89 bits per heavy atom. The van der Waals surface area contributed by atoms with Gasteiger partial charge in [-0.15, -0.1) is 0 Å². The summed E-state index contributed by atoms with van der Waals surface area (Å²) >= 11 is 0. The van der Waals surface area contributed by atoms with Crippen molar-refractivity contribution in [3.63, 3.8) is 0 Å². The monoisotopic (exact) mass is 255 g/mol. The van der Waals surface area contributed by atoms with E-state index in [-0.39, 0.29) is 5.82 Å². The van der Waals surface area contributed by atoms with E-state index in [1.165, 1.54) is 18.3 Å². The minimum Gasteiger partial charge on any atom is -0.298 e. The van der Waals surface area contributed by atoms with Crippen LogP contribution >= 0.6 is 0 Å². The molecule has 0 saturated heterocycles. The molecule has 3 rings (SSSR count). The van der Waals surface area contributed by atoms with Crippen molar-refractivity contribution in [3.05, 3.63) is 47.9 Å². The normalized spacial score (nSPS) is 10.8. The summed E-state index contributed by atoms with van der Waals surface area (Å²) in [6.45, 7) is 0. The fraction of sp³-hybridized carbons (Fsp3) is 0.0714. The molecule has 94 valence electrons. The Labute approximate surface area is 108 Å². The predicted octanol–water partition coefficient (Wildman–Crippen LogP) is 2.59. The highest BCUT2D eigenvalue weighted by atomic mass is 19.1. The number of aryl methyl sites for hydroxylation is 1. The summed E-state index contributed by atoms with van der Waals surface area (Å²) in [6.07, 6.45) is 2.22. The summed E-state index contributed by atoms with van der Waals surface area (Å²) in [4.78, 5) is 15.0. The van der Waals surface area contributed by atoms with Gasteiger partial charge in [-0.05, 0) is 18.2 Å². The van der Waals surface area contributed by atoms with Crippen LogP contribution in [0.5, 0.6) is 0 Å². The fourth-order valence-corrected chi connectivity index (χ4v) is 2.04. The van der Waals surface area contributed by atoms with Crippen LogP contribution in [-0.2, 0) is 7.05 Å². The van der Waals surface area contributed by atoms with Crippen LogP contribution in [0.25, 0.3) is 22.3 Å². The van der Waals surface area contributed by atoms with Gasteiger partial charge in [0, 0.05) is 24.4 Å². The third-order valence-electron chi connectivity index (χ3n) is 2.95. The molecule has 2 aromatic heterocycles. The summed E-state index contributed by atoms with van der Waals surface area (Å²) < 4.78 is 14.9. The second-order valence-electron chi connectivity index (χ2n) is 4.24. The van der Waals surface area contributed by atoms with Crippen LogP contribution in [0.2, 0.25) is 0 Å². The number of pyridine rings is 1. The third-order valence-corrected chi connectivity index (χ3v) is 2.95. The minimum absolute atomic E-state index is 0.319. The molecule has 0 aliphatic heterocycles. The molecule has 0 fully saturated rings. The highest BCUT2D eigenvalue weighted by Gasteiger charge is 2.12. The van der Waals surface area contributed by atoms with E-state index in [1.807, 2.05) is 0 Å². The molecule has 0 N–H and O–H groups in total. The number of rotatable bonds is 2. The molecule has 0 atom stereocenters. The molecule has 0 saturated carbocycles. The van der Waals surface area contributed by atoms with Crippen molar-refractivity contribution in [2.75, 3.05) is 0 Å². The lowest BCUT2D eigenvalue weighted by molar-refractivity contribution is 0.112. The van der Waals surface area contributed by atoms with Gasteiger partial charge in [0.05, 0.1) is 5.52 Å². The van der Waals surface area contributed by atoms with Gasteiger partial charge in [-0.3, -0.25) is 14.5 Å². The molecular weight excluding hydrogens is 245 g/mol. The number of aldehydes is 1. The van der Waals surface area contributed by atoms with Crippen LogP contribution in [0.1, 0.15) is 10.4 Å². The van der Waals surface area contributed by atoms with E-state index in [0.29, 0.717) is 22.3 Å². The molecule has 0 bridgehead atoms. The first-order valence-electron chi connectivity index (χ1n) is 5.73. The number of nitrogens with zero attached hydrogens (tertiary/aromatic N) is 3. The van der Waals surface area contributed by atoms with Crippen LogP contribution in [0.4, 0.5) is 4.39 Å². The number of fused-ring (bicyclic) bond motifs is 1. The predicted molar refractivity (Wildman–Crippen MR) is 69.3 cm³/mol. The molecule has 0 aliphatic carbocycles. The van der Waals surface area contributed by atoms with Gasteiger partial charge in [0.25, 0.3) is 0 Å². The molecule has 4 nitrogen and oxygen atoms in total. The van der Waals surface area contributed by atoms with Crippen molar-refractivity contribution in [3.8, 4) is 11.3 Å². The first-order valence-corrected chi connectivity index (χ1v) is 5.73. The second-order valence-corrected chi connectivity index (χ2v) is 4.24. The first kappa shape index (κ1) is 11.5. The van der Waals surface area contributed by atoms with Crippen molar-refractivity contribution in [1.82, 2.24) is 14.8 Å². The van der Waals surface area contributed by atoms with Gasteiger partial charge in [-0.25, -0.2) is 4.39 Å². The highest BCUT2D eigenvalue weighted by Crippen LogP contribution is 2.26. The lowest BCUT2D eigenvalue weighted by atomic mass is 10.1. The van der Waals surface area contributed by atoms with E-state index in [2.05, 4.69) is 10.1 Å². The molecule has 0 spiro atoms. The molecule has 5 heteroatoms. The number of carbonyl (C=O) groups excluding carboxylic acids is 1. The Bertz CT molecular complexity index is 779. The molecule has 2 heterocycles. The summed E-state index contributed by atoms with van der Waals surface area (Å²) in [7, 11) is 1.77. The van der Waals surface area contributed by atoms with E-state index in [0.717, 1.165) is 11.8 Å². The van der Waals surface area contributed by atoms with Crippen molar-refractivity contribution >= 4 is 17.3 Å². The van der Waals surface area contributed by atoms with Gasteiger partial charge in [0.15, 0.2) is 6.29 Å². The quantitative estimate of drug-likeness (QED) is 0.661. The molecular formula is C14H10FN3O. The zero-order valence-corrected chi connectivity index (χ0v) is 10.2. The van der Waals surface area contributed by atoms with Crippen molar-refractivity contribution < 1.29 is 9.18 Å². The van der Waals surface area contributed by atoms with Crippen LogP contribution in [0.15, 0.2) is 36.5 Å². The van der Waals surface area contributed by atoms with E-state index in [9.17, 15) is 9.18 Å². The number of carbonyl (C=O) groups is 1. The summed E-state index contributed by atoms with van der Waals surface area (Å²) in [6, 6.07) is 7.92. The molecule has 19 heavy (non-hydrogen) atoms. The van der Waals surface area contributed by atoms with Crippen molar-refractivity contribution in [2.24, 2.45) is 7.05 Å². The van der Waals surface area contributed by atoms with Gasteiger partial charge < -0.3 is 0 Å².